The Hall–Kier alpha value is -0.820. The Kier molecular flexibility index (Phi) is 5.73. The van der Waals surface area contributed by atoms with Gasteiger partial charge in [-0.1, -0.05) is 56.5 Å². The third-order valence-corrected chi connectivity index (χ3v) is 4.24. The van der Waals surface area contributed by atoms with Crippen LogP contribution in [0, 0.1) is 5.92 Å². The summed E-state index contributed by atoms with van der Waals surface area (Å²) in [6.07, 6.45) is 9.62. The van der Waals surface area contributed by atoms with Crippen LogP contribution in [-0.4, -0.2) is 12.6 Å². The molecule has 1 N–H and O–H groups in total. The van der Waals surface area contributed by atoms with Crippen LogP contribution in [0.25, 0.3) is 0 Å². The first-order chi connectivity index (χ1) is 8.88. The van der Waals surface area contributed by atoms with E-state index in [0.29, 0.717) is 6.04 Å². The van der Waals surface area contributed by atoms with Gasteiger partial charge in [-0.3, -0.25) is 0 Å². The van der Waals surface area contributed by atoms with Gasteiger partial charge in [-0.05, 0) is 43.7 Å². The summed E-state index contributed by atoms with van der Waals surface area (Å²) >= 11 is 0. The molecule has 1 unspecified atom stereocenters. The Bertz CT molecular complexity index is 314. The fraction of sp³-hybridized carbons (Fsp3) is 0.647. The molecule has 100 valence electrons. The highest BCUT2D eigenvalue weighted by molar-refractivity contribution is 5.15. The summed E-state index contributed by atoms with van der Waals surface area (Å²) in [5.41, 5.74) is 1.46. The SMILES string of the molecule is CCC(Cc1ccccc1)NCC1CCCCC1. The van der Waals surface area contributed by atoms with Crippen molar-refractivity contribution in [3.63, 3.8) is 0 Å². The van der Waals surface area contributed by atoms with Crippen LogP contribution in [-0.2, 0) is 6.42 Å². The van der Waals surface area contributed by atoms with Gasteiger partial charge in [0.1, 0.15) is 0 Å². The highest BCUT2D eigenvalue weighted by Gasteiger charge is 2.15. The van der Waals surface area contributed by atoms with Crippen molar-refractivity contribution < 1.29 is 0 Å². The molecule has 0 saturated heterocycles. The molecular formula is C17H27N. The van der Waals surface area contributed by atoms with Crippen LogP contribution in [0.2, 0.25) is 0 Å². The van der Waals surface area contributed by atoms with E-state index in [4.69, 9.17) is 0 Å². The summed E-state index contributed by atoms with van der Waals surface area (Å²) in [6, 6.07) is 11.5. The predicted octanol–water partition coefficient (Wildman–Crippen LogP) is 4.18. The van der Waals surface area contributed by atoms with Gasteiger partial charge in [-0.25, -0.2) is 0 Å². The summed E-state index contributed by atoms with van der Waals surface area (Å²) < 4.78 is 0. The molecule has 0 aliphatic heterocycles. The first kappa shape index (κ1) is 13.6. The Labute approximate surface area is 112 Å². The fourth-order valence-electron chi connectivity index (χ4n) is 2.98. The molecule has 1 saturated carbocycles. The predicted molar refractivity (Wildman–Crippen MR) is 78.8 cm³/mol. The smallest absolute Gasteiger partial charge is 0.0105 e. The molecule has 1 atom stereocenters. The molecule has 1 nitrogen and oxygen atoms in total. The second-order valence-electron chi connectivity index (χ2n) is 5.71. The van der Waals surface area contributed by atoms with Crippen molar-refractivity contribution in [1.29, 1.82) is 0 Å². The zero-order chi connectivity index (χ0) is 12.6. The summed E-state index contributed by atoms with van der Waals surface area (Å²) in [4.78, 5) is 0. The molecule has 2 rings (SSSR count). The van der Waals surface area contributed by atoms with Gasteiger partial charge in [0.2, 0.25) is 0 Å². The molecule has 0 bridgehead atoms. The highest BCUT2D eigenvalue weighted by atomic mass is 14.9. The van der Waals surface area contributed by atoms with Gasteiger partial charge in [0, 0.05) is 6.04 Å². The van der Waals surface area contributed by atoms with Gasteiger partial charge < -0.3 is 5.32 Å². The van der Waals surface area contributed by atoms with Gasteiger partial charge in [0.25, 0.3) is 0 Å². The minimum Gasteiger partial charge on any atom is -0.313 e. The lowest BCUT2D eigenvalue weighted by atomic mass is 9.89. The molecule has 1 aromatic carbocycles. The van der Waals surface area contributed by atoms with Gasteiger partial charge >= 0.3 is 0 Å². The van der Waals surface area contributed by atoms with Crippen molar-refractivity contribution in [2.24, 2.45) is 5.92 Å². The quantitative estimate of drug-likeness (QED) is 0.793. The number of rotatable bonds is 6. The fourth-order valence-corrected chi connectivity index (χ4v) is 2.98. The van der Waals surface area contributed by atoms with Crippen molar-refractivity contribution in [1.82, 2.24) is 5.32 Å². The van der Waals surface area contributed by atoms with E-state index in [1.54, 1.807) is 0 Å². The van der Waals surface area contributed by atoms with E-state index >= 15 is 0 Å². The van der Waals surface area contributed by atoms with Crippen molar-refractivity contribution in [3.05, 3.63) is 35.9 Å². The van der Waals surface area contributed by atoms with E-state index < -0.39 is 0 Å². The Balaban J connectivity index is 1.75. The van der Waals surface area contributed by atoms with E-state index in [1.165, 1.54) is 57.1 Å². The van der Waals surface area contributed by atoms with Crippen molar-refractivity contribution in [2.75, 3.05) is 6.54 Å². The zero-order valence-electron chi connectivity index (χ0n) is 11.7. The van der Waals surface area contributed by atoms with Gasteiger partial charge in [0.05, 0.1) is 0 Å². The molecule has 1 fully saturated rings. The van der Waals surface area contributed by atoms with Crippen LogP contribution >= 0.6 is 0 Å². The lowest BCUT2D eigenvalue weighted by Crippen LogP contribution is -2.35. The summed E-state index contributed by atoms with van der Waals surface area (Å²) in [7, 11) is 0. The molecule has 0 amide bonds. The third-order valence-electron chi connectivity index (χ3n) is 4.24. The van der Waals surface area contributed by atoms with E-state index in [1.807, 2.05) is 0 Å². The molecule has 0 spiro atoms. The van der Waals surface area contributed by atoms with Crippen LogP contribution in [0.1, 0.15) is 51.0 Å². The van der Waals surface area contributed by atoms with Crippen molar-refractivity contribution >= 4 is 0 Å². The maximum Gasteiger partial charge on any atom is 0.0105 e. The second-order valence-corrected chi connectivity index (χ2v) is 5.71. The molecule has 18 heavy (non-hydrogen) atoms. The lowest BCUT2D eigenvalue weighted by molar-refractivity contribution is 0.324. The van der Waals surface area contributed by atoms with E-state index in [-0.39, 0.29) is 0 Å². The normalized spacial score (nSPS) is 18.7. The van der Waals surface area contributed by atoms with E-state index in [9.17, 15) is 0 Å². The summed E-state index contributed by atoms with van der Waals surface area (Å²) in [5, 5.41) is 3.79. The van der Waals surface area contributed by atoms with Crippen molar-refractivity contribution in [3.8, 4) is 0 Å². The number of hydrogen-bond donors (Lipinski definition) is 1. The minimum atomic E-state index is 0.648. The lowest BCUT2D eigenvalue weighted by Gasteiger charge is -2.25. The summed E-state index contributed by atoms with van der Waals surface area (Å²) in [5.74, 6) is 0.934. The van der Waals surface area contributed by atoms with Gasteiger partial charge in [-0.15, -0.1) is 0 Å². The highest BCUT2D eigenvalue weighted by Crippen LogP contribution is 2.23. The Morgan fingerprint density at radius 1 is 1.11 bits per heavy atom. The van der Waals surface area contributed by atoms with Crippen molar-refractivity contribution in [2.45, 2.75) is 57.9 Å². The summed E-state index contributed by atoms with van der Waals surface area (Å²) in [6.45, 7) is 3.52. The molecule has 1 aliphatic carbocycles. The number of benzene rings is 1. The van der Waals surface area contributed by atoms with Gasteiger partial charge in [-0.2, -0.15) is 0 Å². The zero-order valence-corrected chi connectivity index (χ0v) is 11.7. The van der Waals surface area contributed by atoms with Crippen LogP contribution < -0.4 is 5.32 Å². The number of nitrogens with one attached hydrogen (secondary N) is 1. The van der Waals surface area contributed by atoms with Crippen LogP contribution in [0.5, 0.6) is 0 Å². The van der Waals surface area contributed by atoms with Crippen LogP contribution in [0.15, 0.2) is 30.3 Å². The minimum absolute atomic E-state index is 0.648. The molecule has 0 radical (unpaired) electrons. The Morgan fingerprint density at radius 3 is 2.50 bits per heavy atom. The molecule has 0 heterocycles. The van der Waals surface area contributed by atoms with Crippen LogP contribution in [0.3, 0.4) is 0 Å². The maximum atomic E-state index is 3.79. The monoisotopic (exact) mass is 245 g/mol. The van der Waals surface area contributed by atoms with Crippen LogP contribution in [0.4, 0.5) is 0 Å². The van der Waals surface area contributed by atoms with Gasteiger partial charge in [0.15, 0.2) is 0 Å². The molecule has 1 heteroatoms. The first-order valence-corrected chi connectivity index (χ1v) is 7.65. The molecule has 0 aromatic heterocycles. The van der Waals surface area contributed by atoms with E-state index in [0.717, 1.165) is 5.92 Å². The third kappa shape index (κ3) is 4.45. The first-order valence-electron chi connectivity index (χ1n) is 7.65. The Morgan fingerprint density at radius 2 is 1.83 bits per heavy atom. The molecular weight excluding hydrogens is 218 g/mol. The maximum absolute atomic E-state index is 3.79. The second kappa shape index (κ2) is 7.58. The average Bonchev–Trinajstić information content (AvgIpc) is 2.45. The average molecular weight is 245 g/mol. The molecule has 1 aromatic rings. The number of hydrogen-bond acceptors (Lipinski definition) is 1. The molecule has 1 aliphatic rings. The standard InChI is InChI=1S/C17H27N/c1-2-17(13-15-9-5-3-6-10-15)18-14-16-11-7-4-8-12-16/h3,5-6,9-10,16-18H,2,4,7-8,11-14H2,1H3. The van der Waals surface area contributed by atoms with E-state index in [2.05, 4.69) is 42.6 Å². The largest absolute Gasteiger partial charge is 0.313 e. The topological polar surface area (TPSA) is 12.0 Å².